The number of aryl methyl sites for hydroxylation is 1. The molecule has 0 amide bonds. The number of nitrogens with two attached hydrogens (primary N) is 1. The van der Waals surface area contributed by atoms with Gasteiger partial charge in [0.25, 0.3) is 0 Å². The summed E-state index contributed by atoms with van der Waals surface area (Å²) in [5, 5.41) is 17.6. The zero-order chi connectivity index (χ0) is 11.4. The summed E-state index contributed by atoms with van der Waals surface area (Å²) in [6.07, 6.45) is 1.23. The summed E-state index contributed by atoms with van der Waals surface area (Å²) in [4.78, 5) is 14.0. The lowest BCUT2D eigenvalue weighted by Gasteiger charge is -2.01. The Kier molecular flexibility index (Phi) is 8.81. The van der Waals surface area contributed by atoms with Crippen LogP contribution in [0.3, 0.4) is 0 Å². The van der Waals surface area contributed by atoms with Crippen LogP contribution in [0.5, 0.6) is 0 Å². The number of imidazole rings is 1. The van der Waals surface area contributed by atoms with Gasteiger partial charge in [-0.3, -0.25) is 5.41 Å². The second-order valence-electron chi connectivity index (χ2n) is 2.79. The van der Waals surface area contributed by atoms with E-state index in [9.17, 15) is 10.1 Å². The van der Waals surface area contributed by atoms with E-state index in [-0.39, 0.29) is 35.8 Å². The molecule has 1 heterocycles. The molecule has 0 saturated carbocycles. The summed E-state index contributed by atoms with van der Waals surface area (Å²) in [5.74, 6) is 1.08. The molecule has 7 nitrogen and oxygen atoms in total. The minimum Gasteiger partial charge on any atom is -0.379 e. The molecule has 3 N–H and O–H groups in total. The van der Waals surface area contributed by atoms with Crippen molar-refractivity contribution in [2.45, 2.75) is 13.5 Å². The Bertz CT molecular complexity index is 398. The molecule has 0 aliphatic heterocycles. The van der Waals surface area contributed by atoms with E-state index in [0.29, 0.717) is 18.1 Å². The third kappa shape index (κ3) is 5.24. The molecule has 0 fully saturated rings. The van der Waals surface area contributed by atoms with E-state index < -0.39 is 4.92 Å². The molecule has 0 aromatic carbocycles. The molecule has 0 unspecified atom stereocenters. The van der Waals surface area contributed by atoms with E-state index in [4.69, 9.17) is 11.1 Å². The molecule has 0 aliphatic carbocycles. The fraction of sp³-hybridized carbons (Fsp3) is 0.429. The van der Waals surface area contributed by atoms with Crippen molar-refractivity contribution >= 4 is 47.6 Å². The SMILES string of the molecule is Cc1ncc([N+](=O)[O-])n1CCSC(=N)N.Cl.Cl. The number of aromatic nitrogens is 2. The Morgan fingerprint density at radius 1 is 1.71 bits per heavy atom. The Labute approximate surface area is 115 Å². The zero-order valence-corrected chi connectivity index (χ0v) is 11.4. The summed E-state index contributed by atoms with van der Waals surface area (Å²) >= 11 is 1.15. The Balaban J connectivity index is 0. The predicted octanol–water partition coefficient (Wildman–Crippen LogP) is 1.57. The lowest BCUT2D eigenvalue weighted by Crippen LogP contribution is -2.10. The number of rotatable bonds is 4. The molecule has 1 rings (SSSR count). The molecule has 1 aromatic heterocycles. The number of nitrogens with one attached hydrogen (secondary N) is 1. The summed E-state index contributed by atoms with van der Waals surface area (Å²) in [6, 6.07) is 0. The standard InChI is InChI=1S/C7H11N5O2S.2ClH/c1-5-10-4-6(12(13)14)11(5)2-3-15-7(8)9;;/h4H,2-3H2,1H3,(H3,8,9);2*1H. The van der Waals surface area contributed by atoms with Crippen molar-refractivity contribution < 1.29 is 4.92 Å². The highest BCUT2D eigenvalue weighted by atomic mass is 35.5. The first kappa shape index (κ1) is 18.4. The maximum atomic E-state index is 10.6. The van der Waals surface area contributed by atoms with Crippen molar-refractivity contribution in [1.29, 1.82) is 5.41 Å². The Morgan fingerprint density at radius 2 is 2.29 bits per heavy atom. The topological polar surface area (TPSA) is 111 Å². The van der Waals surface area contributed by atoms with Crippen molar-refractivity contribution in [3.63, 3.8) is 0 Å². The van der Waals surface area contributed by atoms with Crippen LogP contribution in [0.1, 0.15) is 5.82 Å². The third-order valence-corrected chi connectivity index (χ3v) is 2.49. The molecule has 17 heavy (non-hydrogen) atoms. The van der Waals surface area contributed by atoms with Gasteiger partial charge in [0, 0.05) is 12.7 Å². The van der Waals surface area contributed by atoms with Gasteiger partial charge in [0.1, 0.15) is 12.7 Å². The largest absolute Gasteiger partial charge is 0.379 e. The Morgan fingerprint density at radius 3 is 2.76 bits per heavy atom. The van der Waals surface area contributed by atoms with Gasteiger partial charge < -0.3 is 15.8 Å². The number of halogens is 2. The number of nitro groups is 1. The van der Waals surface area contributed by atoms with Gasteiger partial charge in [-0.1, -0.05) is 11.8 Å². The number of hydrogen-bond donors (Lipinski definition) is 2. The monoisotopic (exact) mass is 301 g/mol. The molecule has 0 atom stereocenters. The highest BCUT2D eigenvalue weighted by Gasteiger charge is 2.16. The van der Waals surface area contributed by atoms with Crippen LogP contribution in [-0.2, 0) is 6.54 Å². The molecule has 0 radical (unpaired) electrons. The van der Waals surface area contributed by atoms with E-state index in [1.807, 2.05) is 0 Å². The normalized spacial score (nSPS) is 9.00. The van der Waals surface area contributed by atoms with Crippen molar-refractivity contribution in [2.75, 3.05) is 5.75 Å². The van der Waals surface area contributed by atoms with Gasteiger partial charge in [-0.2, -0.15) is 0 Å². The van der Waals surface area contributed by atoms with E-state index in [1.54, 1.807) is 6.92 Å². The van der Waals surface area contributed by atoms with E-state index in [1.165, 1.54) is 10.8 Å². The number of nitrogens with zero attached hydrogens (tertiary/aromatic N) is 3. The average molecular weight is 302 g/mol. The van der Waals surface area contributed by atoms with Gasteiger partial charge in [-0.15, -0.1) is 24.8 Å². The highest BCUT2D eigenvalue weighted by molar-refractivity contribution is 8.13. The molecule has 0 spiro atoms. The third-order valence-electron chi connectivity index (χ3n) is 1.79. The van der Waals surface area contributed by atoms with Gasteiger partial charge in [0.15, 0.2) is 11.0 Å². The summed E-state index contributed by atoms with van der Waals surface area (Å²) in [7, 11) is 0. The molecule has 0 bridgehead atoms. The molecule has 1 aromatic rings. The van der Waals surface area contributed by atoms with Gasteiger partial charge in [0.05, 0.1) is 0 Å². The number of amidine groups is 1. The minimum absolute atomic E-state index is 0. The maximum absolute atomic E-state index is 10.6. The van der Waals surface area contributed by atoms with Gasteiger partial charge in [-0.05, 0) is 4.92 Å². The van der Waals surface area contributed by atoms with Crippen molar-refractivity contribution in [3.05, 3.63) is 22.1 Å². The van der Waals surface area contributed by atoms with E-state index >= 15 is 0 Å². The predicted molar refractivity (Wildman–Crippen MR) is 72.5 cm³/mol. The van der Waals surface area contributed by atoms with Crippen LogP contribution < -0.4 is 5.73 Å². The second kappa shape index (κ2) is 8.15. The average Bonchev–Trinajstić information content (AvgIpc) is 2.47. The van der Waals surface area contributed by atoms with Crippen LogP contribution in [0, 0.1) is 22.4 Å². The van der Waals surface area contributed by atoms with Gasteiger partial charge in [0.2, 0.25) is 0 Å². The first-order chi connectivity index (χ1) is 7.02. The van der Waals surface area contributed by atoms with Gasteiger partial charge in [-0.25, -0.2) is 9.55 Å². The second-order valence-corrected chi connectivity index (χ2v) is 3.92. The number of hydrogen-bond acceptors (Lipinski definition) is 5. The van der Waals surface area contributed by atoms with Crippen LogP contribution in [0.15, 0.2) is 6.20 Å². The molecule has 0 aliphatic rings. The fourth-order valence-electron chi connectivity index (χ4n) is 1.13. The number of thioether (sulfide) groups is 1. The summed E-state index contributed by atoms with van der Waals surface area (Å²) in [6.45, 7) is 2.12. The minimum atomic E-state index is -0.474. The quantitative estimate of drug-likeness (QED) is 0.379. The van der Waals surface area contributed by atoms with Crippen LogP contribution in [0.2, 0.25) is 0 Å². The first-order valence-electron chi connectivity index (χ1n) is 4.15. The van der Waals surface area contributed by atoms with Crippen LogP contribution >= 0.6 is 36.6 Å². The lowest BCUT2D eigenvalue weighted by atomic mass is 10.6. The smallest absolute Gasteiger partial charge is 0.342 e. The molecule has 98 valence electrons. The van der Waals surface area contributed by atoms with Crippen LogP contribution in [-0.4, -0.2) is 25.4 Å². The van der Waals surface area contributed by atoms with Gasteiger partial charge >= 0.3 is 5.82 Å². The molecular formula is C7H13Cl2N5O2S. The summed E-state index contributed by atoms with van der Waals surface area (Å²) < 4.78 is 1.50. The highest BCUT2D eigenvalue weighted by Crippen LogP contribution is 2.14. The molecule has 0 saturated heterocycles. The van der Waals surface area contributed by atoms with E-state index in [0.717, 1.165) is 11.8 Å². The fourth-order valence-corrected chi connectivity index (χ4v) is 1.62. The van der Waals surface area contributed by atoms with Crippen molar-refractivity contribution in [1.82, 2.24) is 9.55 Å². The molecule has 10 heteroatoms. The van der Waals surface area contributed by atoms with E-state index in [2.05, 4.69) is 4.98 Å². The Hall–Kier alpha value is -0.990. The summed E-state index contributed by atoms with van der Waals surface area (Å²) in [5.41, 5.74) is 5.16. The van der Waals surface area contributed by atoms with Crippen LogP contribution in [0.25, 0.3) is 0 Å². The van der Waals surface area contributed by atoms with Crippen molar-refractivity contribution in [2.24, 2.45) is 5.73 Å². The zero-order valence-electron chi connectivity index (χ0n) is 8.95. The lowest BCUT2D eigenvalue weighted by molar-refractivity contribution is -0.392. The maximum Gasteiger partial charge on any atom is 0.342 e. The van der Waals surface area contributed by atoms with Crippen molar-refractivity contribution in [3.8, 4) is 0 Å². The first-order valence-corrected chi connectivity index (χ1v) is 5.14. The molecular weight excluding hydrogens is 289 g/mol. The van der Waals surface area contributed by atoms with Crippen LogP contribution in [0.4, 0.5) is 5.82 Å².